The third-order valence-corrected chi connectivity index (χ3v) is 9.51. The molecule has 0 atom stereocenters. The van der Waals surface area contributed by atoms with E-state index in [4.69, 9.17) is 4.74 Å². The van der Waals surface area contributed by atoms with Gasteiger partial charge in [-0.3, -0.25) is 4.79 Å². The Balaban J connectivity index is 1.50. The fourth-order valence-corrected chi connectivity index (χ4v) is 6.95. The molecule has 9 nitrogen and oxygen atoms in total. The van der Waals surface area contributed by atoms with Gasteiger partial charge in [-0.1, -0.05) is 65.4 Å². The SMILES string of the molecule is C=CCn1c(CS(=O)(=O)c2ccc(C)cc2)nnc1SCC(=O)Nc1scc(-c2ccc(C)cc2)c1C(=O)OCC. The number of nitrogens with one attached hydrogen (secondary N) is 1. The van der Waals surface area contributed by atoms with Crippen LogP contribution in [-0.2, 0) is 31.7 Å². The van der Waals surface area contributed by atoms with Crippen LogP contribution in [0, 0.1) is 13.8 Å². The van der Waals surface area contributed by atoms with Gasteiger partial charge in [-0.15, -0.1) is 28.1 Å². The lowest BCUT2D eigenvalue weighted by molar-refractivity contribution is -0.113. The number of thioether (sulfide) groups is 1. The maximum absolute atomic E-state index is 13.0. The van der Waals surface area contributed by atoms with Crippen molar-refractivity contribution in [1.29, 1.82) is 0 Å². The van der Waals surface area contributed by atoms with Crippen LogP contribution in [0.2, 0.25) is 0 Å². The number of carbonyl (C=O) groups is 2. The molecule has 0 unspecified atom stereocenters. The Bertz CT molecular complexity index is 1660. The molecule has 0 saturated heterocycles. The fourth-order valence-electron chi connectivity index (χ4n) is 3.94. The van der Waals surface area contributed by atoms with Gasteiger partial charge in [-0.05, 0) is 38.5 Å². The Kier molecular flexibility index (Phi) is 9.79. The average molecular weight is 611 g/mol. The number of anilines is 1. The van der Waals surface area contributed by atoms with Crippen LogP contribution in [0.1, 0.15) is 34.2 Å². The molecule has 0 aliphatic heterocycles. The van der Waals surface area contributed by atoms with Gasteiger partial charge in [0.05, 0.1) is 17.3 Å². The van der Waals surface area contributed by atoms with Crippen LogP contribution in [0.5, 0.6) is 0 Å². The molecule has 0 fully saturated rings. The summed E-state index contributed by atoms with van der Waals surface area (Å²) in [5.41, 5.74) is 3.88. The number of aromatic nitrogens is 3. The summed E-state index contributed by atoms with van der Waals surface area (Å²) in [6, 6.07) is 14.4. The predicted molar refractivity (Wildman–Crippen MR) is 162 cm³/mol. The number of carbonyl (C=O) groups excluding carboxylic acids is 2. The number of rotatable bonds is 12. The highest BCUT2D eigenvalue weighted by molar-refractivity contribution is 7.99. The Labute approximate surface area is 247 Å². The molecular formula is C29H30N4O5S3. The van der Waals surface area contributed by atoms with Crippen LogP contribution in [0.15, 0.2) is 76.6 Å². The first-order valence-electron chi connectivity index (χ1n) is 12.7. The summed E-state index contributed by atoms with van der Waals surface area (Å²) < 4.78 is 32.9. The molecule has 0 radical (unpaired) electrons. The van der Waals surface area contributed by atoms with Crippen LogP contribution >= 0.6 is 23.1 Å². The summed E-state index contributed by atoms with van der Waals surface area (Å²) in [5, 5.41) is 13.7. The minimum Gasteiger partial charge on any atom is -0.462 e. The Morgan fingerprint density at radius 2 is 1.73 bits per heavy atom. The van der Waals surface area contributed by atoms with Crippen molar-refractivity contribution in [2.75, 3.05) is 17.7 Å². The first kappa shape index (κ1) is 30.2. The summed E-state index contributed by atoms with van der Waals surface area (Å²) in [4.78, 5) is 26.0. The van der Waals surface area contributed by atoms with Crippen LogP contribution in [0.3, 0.4) is 0 Å². The summed E-state index contributed by atoms with van der Waals surface area (Å²) >= 11 is 2.36. The maximum Gasteiger partial charge on any atom is 0.341 e. The number of hydrogen-bond donors (Lipinski definition) is 1. The molecule has 0 spiro atoms. The molecular weight excluding hydrogens is 581 g/mol. The van der Waals surface area contributed by atoms with E-state index in [0.29, 0.717) is 21.3 Å². The summed E-state index contributed by atoms with van der Waals surface area (Å²) in [6.07, 6.45) is 1.61. The van der Waals surface area contributed by atoms with Gasteiger partial charge in [0.15, 0.2) is 15.0 Å². The van der Waals surface area contributed by atoms with Crippen molar-refractivity contribution in [3.63, 3.8) is 0 Å². The van der Waals surface area contributed by atoms with Gasteiger partial charge in [0.1, 0.15) is 22.1 Å². The third kappa shape index (κ3) is 7.32. The van der Waals surface area contributed by atoms with E-state index in [9.17, 15) is 18.0 Å². The van der Waals surface area contributed by atoms with Crippen molar-refractivity contribution < 1.29 is 22.7 Å². The van der Waals surface area contributed by atoms with Crippen LogP contribution in [0.4, 0.5) is 5.00 Å². The Hall–Kier alpha value is -3.74. The highest BCUT2D eigenvalue weighted by atomic mass is 32.2. The number of ether oxygens (including phenoxy) is 1. The number of amides is 1. The van der Waals surface area contributed by atoms with E-state index in [1.807, 2.05) is 43.5 Å². The molecule has 2 aromatic carbocycles. The quantitative estimate of drug-likeness (QED) is 0.123. The van der Waals surface area contributed by atoms with Gasteiger partial charge >= 0.3 is 5.97 Å². The molecule has 12 heteroatoms. The van der Waals surface area contributed by atoms with Gasteiger partial charge in [-0.25, -0.2) is 13.2 Å². The number of nitrogens with zero attached hydrogens (tertiary/aromatic N) is 3. The van der Waals surface area contributed by atoms with Crippen molar-refractivity contribution in [2.24, 2.45) is 0 Å². The van der Waals surface area contributed by atoms with E-state index in [2.05, 4.69) is 22.1 Å². The van der Waals surface area contributed by atoms with Gasteiger partial charge in [-0.2, -0.15) is 0 Å². The van der Waals surface area contributed by atoms with E-state index in [0.717, 1.165) is 28.5 Å². The number of hydrogen-bond acceptors (Lipinski definition) is 9. The monoisotopic (exact) mass is 610 g/mol. The molecule has 4 rings (SSSR count). The average Bonchev–Trinajstić information content (AvgIpc) is 3.52. The lowest BCUT2D eigenvalue weighted by atomic mass is 10.0. The first-order chi connectivity index (χ1) is 19.6. The lowest BCUT2D eigenvalue weighted by Gasteiger charge is -2.10. The zero-order chi connectivity index (χ0) is 29.6. The summed E-state index contributed by atoms with van der Waals surface area (Å²) in [7, 11) is -3.66. The summed E-state index contributed by atoms with van der Waals surface area (Å²) in [6.45, 7) is 9.81. The highest BCUT2D eigenvalue weighted by Crippen LogP contribution is 2.36. The topological polar surface area (TPSA) is 120 Å². The molecule has 0 aliphatic carbocycles. The fraction of sp³-hybridized carbons (Fsp3) is 0.241. The number of aryl methyl sites for hydroxylation is 2. The zero-order valence-electron chi connectivity index (χ0n) is 22.9. The number of sulfone groups is 1. The Morgan fingerprint density at radius 1 is 1.07 bits per heavy atom. The van der Waals surface area contributed by atoms with Crippen molar-refractivity contribution >= 4 is 49.8 Å². The van der Waals surface area contributed by atoms with Crippen molar-refractivity contribution in [3.8, 4) is 11.1 Å². The van der Waals surface area contributed by atoms with E-state index in [1.165, 1.54) is 11.3 Å². The third-order valence-electron chi connectivity index (χ3n) is 6.02. The molecule has 1 N–H and O–H groups in total. The number of thiophene rings is 1. The van der Waals surface area contributed by atoms with E-state index in [-0.39, 0.29) is 41.3 Å². The normalized spacial score (nSPS) is 11.3. The first-order valence-corrected chi connectivity index (χ1v) is 16.3. The standard InChI is InChI=1S/C29H30N4O5S3/c1-5-15-33-24(18-41(36,37)22-13-9-20(4)10-14-22)31-32-29(33)40-17-25(34)30-27-26(28(35)38-6-2)23(16-39-27)21-11-7-19(3)8-12-21/h5,7-14,16H,1,6,15,17-18H2,2-4H3,(H,30,34). The van der Waals surface area contributed by atoms with Crippen molar-refractivity contribution in [3.05, 3.63) is 89.1 Å². The molecule has 214 valence electrons. The minimum atomic E-state index is -3.66. The molecule has 4 aromatic rings. The van der Waals surface area contributed by atoms with Crippen LogP contribution in [0.25, 0.3) is 11.1 Å². The maximum atomic E-state index is 13.0. The van der Waals surface area contributed by atoms with E-state index in [1.54, 1.807) is 41.8 Å². The van der Waals surface area contributed by atoms with Crippen molar-refractivity contribution in [2.45, 2.75) is 43.1 Å². The molecule has 1 amide bonds. The summed E-state index contributed by atoms with van der Waals surface area (Å²) in [5.74, 6) is -1.01. The Morgan fingerprint density at radius 3 is 2.37 bits per heavy atom. The molecule has 0 aliphatic rings. The smallest absolute Gasteiger partial charge is 0.341 e. The highest BCUT2D eigenvalue weighted by Gasteiger charge is 2.24. The van der Waals surface area contributed by atoms with Crippen LogP contribution in [-0.4, -0.2) is 47.4 Å². The molecule has 2 aromatic heterocycles. The second-order valence-electron chi connectivity index (χ2n) is 9.15. The van der Waals surface area contributed by atoms with Gasteiger partial charge in [0, 0.05) is 17.5 Å². The largest absolute Gasteiger partial charge is 0.462 e. The van der Waals surface area contributed by atoms with E-state index >= 15 is 0 Å². The second kappa shape index (κ2) is 13.3. The van der Waals surface area contributed by atoms with Gasteiger partial charge in [0.25, 0.3) is 0 Å². The molecule has 0 saturated carbocycles. The second-order valence-corrected chi connectivity index (χ2v) is 13.0. The zero-order valence-corrected chi connectivity index (χ0v) is 25.4. The molecule has 41 heavy (non-hydrogen) atoms. The van der Waals surface area contributed by atoms with Crippen LogP contribution < -0.4 is 5.32 Å². The molecule has 0 bridgehead atoms. The predicted octanol–water partition coefficient (Wildman–Crippen LogP) is 5.69. The number of esters is 1. The van der Waals surface area contributed by atoms with Gasteiger partial charge < -0.3 is 14.6 Å². The van der Waals surface area contributed by atoms with Crippen molar-refractivity contribution in [1.82, 2.24) is 14.8 Å². The minimum absolute atomic E-state index is 0.0416. The number of allylic oxidation sites excluding steroid dienone is 1. The molecule has 2 heterocycles. The van der Waals surface area contributed by atoms with E-state index < -0.39 is 15.8 Å². The number of benzene rings is 2. The van der Waals surface area contributed by atoms with Gasteiger partial charge in [0.2, 0.25) is 5.91 Å². The lowest BCUT2D eigenvalue weighted by Crippen LogP contribution is -2.17.